The van der Waals surface area contributed by atoms with Crippen LogP contribution < -0.4 is 16.1 Å². The van der Waals surface area contributed by atoms with Gasteiger partial charge in [-0.05, 0) is 29.9 Å². The fourth-order valence-electron chi connectivity index (χ4n) is 4.05. The lowest BCUT2D eigenvalue weighted by Gasteiger charge is -2.13. The first-order valence-corrected chi connectivity index (χ1v) is 12.4. The van der Waals surface area contributed by atoms with Crippen molar-refractivity contribution in [2.24, 2.45) is 0 Å². The molecule has 0 bridgehead atoms. The van der Waals surface area contributed by atoms with Crippen molar-refractivity contribution in [3.8, 4) is 0 Å². The minimum atomic E-state index is -4.41. The van der Waals surface area contributed by atoms with Gasteiger partial charge in [-0.2, -0.15) is 4.40 Å². The van der Waals surface area contributed by atoms with Crippen LogP contribution in [0.3, 0.4) is 0 Å². The molecule has 3 N–H and O–H groups in total. The molecule has 4 aromatic rings. The van der Waals surface area contributed by atoms with Crippen molar-refractivity contribution in [1.29, 1.82) is 0 Å². The summed E-state index contributed by atoms with van der Waals surface area (Å²) in [6.07, 6.45) is 3.84. The normalized spacial score (nSPS) is 11.8. The highest BCUT2D eigenvalue weighted by atomic mass is 32.3. The third-order valence-corrected chi connectivity index (χ3v) is 6.25. The maximum atomic E-state index is 12.9. The van der Waals surface area contributed by atoms with Crippen LogP contribution in [-0.2, 0) is 14.6 Å². The van der Waals surface area contributed by atoms with Crippen LogP contribution in [-0.4, -0.2) is 53.5 Å². The second-order valence-corrected chi connectivity index (χ2v) is 8.97. The highest BCUT2D eigenvalue weighted by Gasteiger charge is 2.22. The Labute approximate surface area is 201 Å². The first kappa shape index (κ1) is 26.2. The Bertz CT molecular complexity index is 1500. The van der Waals surface area contributed by atoms with Crippen LogP contribution in [0.4, 0.5) is 11.6 Å². The number of benzene rings is 1. The Morgan fingerprint density at radius 2 is 1.86 bits per heavy atom. The van der Waals surface area contributed by atoms with Gasteiger partial charge in [0.15, 0.2) is 5.52 Å². The first-order chi connectivity index (χ1) is 16.6. The first-order valence-electron chi connectivity index (χ1n) is 11.0. The Hall–Kier alpha value is -3.39. The van der Waals surface area contributed by atoms with E-state index in [9.17, 15) is 27.9 Å². The van der Waals surface area contributed by atoms with E-state index in [4.69, 9.17) is 0 Å². The van der Waals surface area contributed by atoms with Gasteiger partial charge in [-0.15, -0.1) is 0 Å². The molecule has 0 saturated carbocycles. The Morgan fingerprint density at radius 1 is 1.17 bits per heavy atom. The fraction of sp³-hybridized carbons (Fsp3) is 0.364. The van der Waals surface area contributed by atoms with Crippen LogP contribution in [0.5, 0.6) is 0 Å². The average molecular weight is 506 g/mol. The van der Waals surface area contributed by atoms with Gasteiger partial charge in [-0.25, -0.2) is 13.4 Å². The van der Waals surface area contributed by atoms with Crippen molar-refractivity contribution >= 4 is 49.2 Å². The van der Waals surface area contributed by atoms with E-state index in [1.807, 2.05) is 12.1 Å². The number of quaternary nitrogens is 1. The molecular weight excluding hydrogens is 478 g/mol. The van der Waals surface area contributed by atoms with Gasteiger partial charge in [0.05, 0.1) is 31.6 Å². The lowest BCUT2D eigenvalue weighted by atomic mass is 10.1. The Morgan fingerprint density at radius 3 is 2.46 bits per heavy atom. The average Bonchev–Trinajstić information content (AvgIpc) is 3.29. The number of nitrogens with zero attached hydrogens (tertiary/aromatic N) is 3. The number of anilines is 1. The van der Waals surface area contributed by atoms with Gasteiger partial charge >= 0.3 is 5.82 Å². The zero-order valence-corrected chi connectivity index (χ0v) is 20.4. The van der Waals surface area contributed by atoms with Crippen molar-refractivity contribution in [2.75, 3.05) is 25.5 Å². The monoisotopic (exact) mass is 505 g/mol. The van der Waals surface area contributed by atoms with Crippen molar-refractivity contribution in [1.82, 2.24) is 9.38 Å². The molecule has 1 aromatic carbocycles. The minimum absolute atomic E-state index is 0.113. The maximum Gasteiger partial charge on any atom is 0.328 e. The molecule has 12 nitrogen and oxygen atoms in total. The molecule has 0 radical (unpaired) electrons. The van der Waals surface area contributed by atoms with Crippen LogP contribution >= 0.6 is 0 Å². The van der Waals surface area contributed by atoms with Gasteiger partial charge in [0.1, 0.15) is 11.3 Å². The highest BCUT2D eigenvalue weighted by molar-refractivity contribution is 7.80. The second kappa shape index (κ2) is 10.9. The molecule has 0 spiro atoms. The summed E-state index contributed by atoms with van der Waals surface area (Å²) in [5.74, 6) is 0.576. The number of hydrogen-bond donors (Lipinski definition) is 2. The summed E-state index contributed by atoms with van der Waals surface area (Å²) < 4.78 is 32.5. The van der Waals surface area contributed by atoms with E-state index in [2.05, 4.69) is 33.6 Å². The number of nitrogens with one attached hydrogen (secondary N) is 1. The number of nitrogens with two attached hydrogens (primary N) is 1. The van der Waals surface area contributed by atoms with Crippen LogP contribution in [0, 0.1) is 10.1 Å². The molecule has 0 saturated heterocycles. The quantitative estimate of drug-likeness (QED) is 0.113. The van der Waals surface area contributed by atoms with Gasteiger partial charge in [-0.3, -0.25) is 8.98 Å². The lowest BCUT2D eigenvalue weighted by Crippen LogP contribution is -2.90. The van der Waals surface area contributed by atoms with E-state index in [0.717, 1.165) is 38.4 Å². The van der Waals surface area contributed by atoms with E-state index in [1.165, 1.54) is 16.5 Å². The largest absolute Gasteiger partial charge is 0.726 e. The number of fused-ring (bicyclic) bond motifs is 2. The molecule has 13 heteroatoms. The molecule has 35 heavy (non-hydrogen) atoms. The summed E-state index contributed by atoms with van der Waals surface area (Å²) in [7, 11) is -3.60. The molecule has 3 aromatic heterocycles. The van der Waals surface area contributed by atoms with Gasteiger partial charge < -0.3 is 25.3 Å². The van der Waals surface area contributed by atoms with Crippen molar-refractivity contribution in [3.05, 3.63) is 56.9 Å². The van der Waals surface area contributed by atoms with Gasteiger partial charge in [-0.1, -0.05) is 26.0 Å². The Kier molecular flexibility index (Phi) is 8.17. The molecule has 4 rings (SSSR count). The molecule has 0 fully saturated rings. The van der Waals surface area contributed by atoms with Crippen LogP contribution in [0.15, 0.2) is 41.3 Å². The number of aromatic nitrogens is 2. The topological polar surface area (TPSA) is 173 Å². The maximum absolute atomic E-state index is 12.9. The van der Waals surface area contributed by atoms with Crippen molar-refractivity contribution in [3.63, 3.8) is 0 Å². The standard InChI is InChI=1S/C21H23N5O3.CH4O4S/c1-3-13(4-2)22-10-11-23-21-14-6-5-7-16-19(14)15(12-24-21)20(27)17-8-9-18(25(16)17)26(28)29;1-5-6(2,3)4/h5-9,12-13,22H,3-4,10-11H2,1-2H3,(H,23,24);1H3,(H,2,3,4). The van der Waals surface area contributed by atoms with E-state index in [1.54, 1.807) is 12.3 Å². The molecule has 0 unspecified atom stereocenters. The molecule has 0 aliphatic heterocycles. The fourth-order valence-corrected chi connectivity index (χ4v) is 4.05. The van der Waals surface area contributed by atoms with Gasteiger partial charge in [0, 0.05) is 23.0 Å². The van der Waals surface area contributed by atoms with Crippen LogP contribution in [0.1, 0.15) is 26.7 Å². The predicted octanol–water partition coefficient (Wildman–Crippen LogP) is 1.60. The SMILES string of the molecule is CCC(CC)[NH2+]CCNc1ncc2c(=O)c3ccc([N+](=O)[O-])n3c3cccc1c23.COS(=O)(=O)[O-]. The summed E-state index contributed by atoms with van der Waals surface area (Å²) in [4.78, 5) is 28.4. The smallest absolute Gasteiger partial charge is 0.328 e. The molecule has 188 valence electrons. The molecule has 0 aliphatic rings. The highest BCUT2D eigenvalue weighted by Crippen LogP contribution is 2.31. The van der Waals surface area contributed by atoms with Gasteiger partial charge in [0.2, 0.25) is 15.8 Å². The third-order valence-electron chi connectivity index (χ3n) is 5.84. The summed E-state index contributed by atoms with van der Waals surface area (Å²) in [6, 6.07) is 9.04. The summed E-state index contributed by atoms with van der Waals surface area (Å²) in [5, 5.41) is 19.1. The second-order valence-electron chi connectivity index (χ2n) is 7.82. The van der Waals surface area contributed by atoms with Crippen molar-refractivity contribution < 1.29 is 27.4 Å². The molecule has 0 amide bonds. The zero-order valence-electron chi connectivity index (χ0n) is 19.6. The van der Waals surface area contributed by atoms with Crippen LogP contribution in [0.2, 0.25) is 0 Å². The van der Waals surface area contributed by atoms with E-state index >= 15 is 0 Å². The summed E-state index contributed by atoms with van der Waals surface area (Å²) in [6.45, 7) is 6.04. The number of hydrogen-bond acceptors (Lipinski definition) is 9. The van der Waals surface area contributed by atoms with Gasteiger partial charge in [0.25, 0.3) is 0 Å². The number of rotatable bonds is 9. The zero-order chi connectivity index (χ0) is 25.8. The lowest BCUT2D eigenvalue weighted by molar-refractivity contribution is -0.687. The third kappa shape index (κ3) is 5.65. The summed E-state index contributed by atoms with van der Waals surface area (Å²) >= 11 is 0. The molecular formula is C22H27N5O7S. The Balaban J connectivity index is 0.000000509. The van der Waals surface area contributed by atoms with Crippen LogP contribution in [0.25, 0.3) is 27.2 Å². The van der Waals surface area contributed by atoms with E-state index < -0.39 is 15.3 Å². The van der Waals surface area contributed by atoms with E-state index in [-0.39, 0.29) is 11.2 Å². The molecule has 0 aliphatic carbocycles. The predicted molar refractivity (Wildman–Crippen MR) is 131 cm³/mol. The number of nitro groups is 1. The minimum Gasteiger partial charge on any atom is -0.726 e. The molecule has 3 heterocycles. The van der Waals surface area contributed by atoms with E-state index in [0.29, 0.717) is 33.7 Å². The molecule has 0 atom stereocenters. The van der Waals surface area contributed by atoms with Crippen molar-refractivity contribution in [2.45, 2.75) is 32.7 Å². The summed E-state index contributed by atoms with van der Waals surface area (Å²) in [5.41, 5.74) is 0.680. The number of pyridine rings is 2.